The molecule has 0 fully saturated rings. The first kappa shape index (κ1) is 6.63. The fourth-order valence-electron chi connectivity index (χ4n) is 0.773. The van der Waals surface area contributed by atoms with Crippen LogP contribution in [0.25, 0.3) is 0 Å². The summed E-state index contributed by atoms with van der Waals surface area (Å²) >= 11 is 0. The maximum absolute atomic E-state index is 10.8. The van der Waals surface area contributed by atoms with Gasteiger partial charge in [0.05, 0.1) is 5.69 Å². The van der Waals surface area contributed by atoms with Crippen molar-refractivity contribution in [1.29, 1.82) is 0 Å². The van der Waals surface area contributed by atoms with E-state index in [2.05, 4.69) is 5.92 Å². The van der Waals surface area contributed by atoms with E-state index in [-0.39, 0.29) is 5.91 Å². The highest BCUT2D eigenvalue weighted by atomic mass is 16.1. The average Bonchev–Trinajstić information content (AvgIpc) is 2.33. The van der Waals surface area contributed by atoms with Crippen molar-refractivity contribution in [3.63, 3.8) is 0 Å². The molecule has 1 aromatic rings. The molecule has 0 aliphatic heterocycles. The lowest BCUT2D eigenvalue weighted by Crippen LogP contribution is -2.05. The van der Waals surface area contributed by atoms with E-state index in [1.165, 1.54) is 11.5 Å². The van der Waals surface area contributed by atoms with Crippen LogP contribution in [-0.4, -0.2) is 10.5 Å². The van der Waals surface area contributed by atoms with Crippen LogP contribution in [0.15, 0.2) is 18.3 Å². The van der Waals surface area contributed by atoms with Gasteiger partial charge in [-0.2, -0.15) is 0 Å². The molecule has 0 N–H and O–H groups in total. The third kappa shape index (κ3) is 0.939. The van der Waals surface area contributed by atoms with Gasteiger partial charge in [0.25, 0.3) is 0 Å². The molecule has 10 heavy (non-hydrogen) atoms. The average molecular weight is 133 g/mol. The molecule has 0 aliphatic rings. The fourth-order valence-corrected chi connectivity index (χ4v) is 0.773. The summed E-state index contributed by atoms with van der Waals surface area (Å²) in [6, 6.07) is 3.47. The number of terminal acetylenes is 1. The van der Waals surface area contributed by atoms with Gasteiger partial charge in [-0.25, -0.2) is 0 Å². The van der Waals surface area contributed by atoms with E-state index >= 15 is 0 Å². The van der Waals surface area contributed by atoms with E-state index in [9.17, 15) is 4.79 Å². The van der Waals surface area contributed by atoms with Gasteiger partial charge in [0.2, 0.25) is 5.91 Å². The van der Waals surface area contributed by atoms with Gasteiger partial charge in [-0.05, 0) is 12.1 Å². The minimum atomic E-state index is -0.0575. The highest BCUT2D eigenvalue weighted by Gasteiger charge is 1.99. The summed E-state index contributed by atoms with van der Waals surface area (Å²) in [5.74, 6) is 2.34. The lowest BCUT2D eigenvalue weighted by atomic mass is 10.4. The zero-order valence-corrected chi connectivity index (χ0v) is 5.66. The summed E-state index contributed by atoms with van der Waals surface area (Å²) in [5.41, 5.74) is 0.604. The summed E-state index contributed by atoms with van der Waals surface area (Å²) in [4.78, 5) is 10.8. The van der Waals surface area contributed by atoms with Crippen LogP contribution in [0.2, 0.25) is 0 Å². The van der Waals surface area contributed by atoms with Crippen molar-refractivity contribution < 1.29 is 4.79 Å². The van der Waals surface area contributed by atoms with Crippen LogP contribution < -0.4 is 0 Å². The molecular formula is C8H7NO. The van der Waals surface area contributed by atoms with Crippen LogP contribution in [0.3, 0.4) is 0 Å². The van der Waals surface area contributed by atoms with Gasteiger partial charge in [-0.1, -0.05) is 5.92 Å². The van der Waals surface area contributed by atoms with Gasteiger partial charge in [-0.3, -0.25) is 9.36 Å². The molecule has 1 aromatic heterocycles. The summed E-state index contributed by atoms with van der Waals surface area (Å²) < 4.78 is 1.43. The molecule has 0 amide bonds. The smallest absolute Gasteiger partial charge is 0.228 e. The summed E-state index contributed by atoms with van der Waals surface area (Å²) in [6.07, 6.45) is 6.76. The number of aromatic nitrogens is 1. The van der Waals surface area contributed by atoms with E-state index in [0.29, 0.717) is 5.69 Å². The first-order valence-electron chi connectivity index (χ1n) is 2.90. The molecule has 0 saturated heterocycles. The third-order valence-electron chi connectivity index (χ3n) is 1.24. The number of rotatable bonds is 0. The quantitative estimate of drug-likeness (QED) is 0.486. The molecule has 50 valence electrons. The molecule has 0 unspecified atom stereocenters. The number of hydrogen-bond donors (Lipinski definition) is 0. The first-order valence-corrected chi connectivity index (χ1v) is 2.90. The molecule has 0 radical (unpaired) electrons. The summed E-state index contributed by atoms with van der Waals surface area (Å²) in [7, 11) is 0. The number of carbonyl (C=O) groups excluding carboxylic acids is 1. The van der Waals surface area contributed by atoms with Gasteiger partial charge >= 0.3 is 0 Å². The Balaban J connectivity index is 3.17. The van der Waals surface area contributed by atoms with Crippen molar-refractivity contribution in [1.82, 2.24) is 4.57 Å². The Hall–Kier alpha value is -1.49. The molecule has 0 bridgehead atoms. The second kappa shape index (κ2) is 2.40. The predicted molar refractivity (Wildman–Crippen MR) is 38.7 cm³/mol. The van der Waals surface area contributed by atoms with Crippen molar-refractivity contribution >= 4 is 5.91 Å². The van der Waals surface area contributed by atoms with Gasteiger partial charge in [0.1, 0.15) is 0 Å². The lowest BCUT2D eigenvalue weighted by Gasteiger charge is -1.95. The van der Waals surface area contributed by atoms with Crippen LogP contribution in [-0.2, 0) is 0 Å². The molecule has 1 rings (SSSR count). The van der Waals surface area contributed by atoms with E-state index < -0.39 is 0 Å². The molecule has 0 atom stereocenters. The Labute approximate surface area is 59.5 Å². The monoisotopic (exact) mass is 133 g/mol. The molecule has 0 aliphatic carbocycles. The molecule has 0 saturated carbocycles. The van der Waals surface area contributed by atoms with Gasteiger partial charge in [-0.15, -0.1) is 6.42 Å². The zero-order chi connectivity index (χ0) is 7.56. The second-order valence-electron chi connectivity index (χ2n) is 1.93. The van der Waals surface area contributed by atoms with Gasteiger partial charge < -0.3 is 0 Å². The van der Waals surface area contributed by atoms with Crippen molar-refractivity contribution in [2.24, 2.45) is 0 Å². The van der Waals surface area contributed by atoms with Crippen LogP contribution in [0, 0.1) is 12.3 Å². The second-order valence-corrected chi connectivity index (χ2v) is 1.93. The summed E-state index contributed by atoms with van der Waals surface area (Å²) in [5, 5.41) is 0. The predicted octanol–water partition coefficient (Wildman–Crippen LogP) is 1.13. The Morgan fingerprint density at radius 2 is 2.50 bits per heavy atom. The lowest BCUT2D eigenvalue weighted by molar-refractivity contribution is 0.0936. The van der Waals surface area contributed by atoms with Crippen molar-refractivity contribution in [2.75, 3.05) is 0 Å². The maximum Gasteiger partial charge on any atom is 0.228 e. The molecule has 2 heteroatoms. The Bertz CT molecular complexity index is 290. The van der Waals surface area contributed by atoms with Gasteiger partial charge in [0, 0.05) is 13.1 Å². The topological polar surface area (TPSA) is 22.0 Å². The fraction of sp³-hybridized carbons (Fsp3) is 0.125. The largest absolute Gasteiger partial charge is 0.280 e. The summed E-state index contributed by atoms with van der Waals surface area (Å²) in [6.45, 7) is 1.47. The van der Waals surface area contributed by atoms with E-state index in [1.54, 1.807) is 18.3 Å². The van der Waals surface area contributed by atoms with E-state index in [4.69, 9.17) is 6.42 Å². The number of carbonyl (C=O) groups is 1. The minimum absolute atomic E-state index is 0.0575. The molecule has 1 heterocycles. The third-order valence-corrected chi connectivity index (χ3v) is 1.24. The molecule has 2 nitrogen and oxygen atoms in total. The highest BCUT2D eigenvalue weighted by molar-refractivity contribution is 5.77. The van der Waals surface area contributed by atoms with E-state index in [0.717, 1.165) is 0 Å². The number of nitrogens with zero attached hydrogens (tertiary/aromatic N) is 1. The SMILES string of the molecule is C#Cc1cccn1C(C)=O. The zero-order valence-electron chi connectivity index (χ0n) is 5.66. The minimum Gasteiger partial charge on any atom is -0.280 e. The highest BCUT2D eigenvalue weighted by Crippen LogP contribution is 1.98. The van der Waals surface area contributed by atoms with Crippen LogP contribution in [0.4, 0.5) is 0 Å². The van der Waals surface area contributed by atoms with Gasteiger partial charge in [0.15, 0.2) is 0 Å². The van der Waals surface area contributed by atoms with Crippen LogP contribution in [0.5, 0.6) is 0 Å². The maximum atomic E-state index is 10.8. The molecule has 0 aromatic carbocycles. The normalized spacial score (nSPS) is 8.80. The first-order chi connectivity index (χ1) is 4.75. The van der Waals surface area contributed by atoms with Crippen LogP contribution >= 0.6 is 0 Å². The van der Waals surface area contributed by atoms with Crippen LogP contribution in [0.1, 0.15) is 17.4 Å². The standard InChI is InChI=1S/C8H7NO/c1-3-8-5-4-6-9(8)7(2)10/h1,4-6H,2H3. The Kier molecular flexibility index (Phi) is 1.59. The Morgan fingerprint density at radius 1 is 1.80 bits per heavy atom. The van der Waals surface area contributed by atoms with Crippen molar-refractivity contribution in [2.45, 2.75) is 6.92 Å². The van der Waals surface area contributed by atoms with E-state index in [1.807, 2.05) is 0 Å². The Morgan fingerprint density at radius 3 is 2.90 bits per heavy atom. The van der Waals surface area contributed by atoms with Crippen molar-refractivity contribution in [3.8, 4) is 12.3 Å². The molecular weight excluding hydrogens is 126 g/mol. The number of hydrogen-bond acceptors (Lipinski definition) is 1. The molecule has 0 spiro atoms. The van der Waals surface area contributed by atoms with Crippen molar-refractivity contribution in [3.05, 3.63) is 24.0 Å².